The van der Waals surface area contributed by atoms with E-state index in [2.05, 4.69) is 47.4 Å². The van der Waals surface area contributed by atoms with Gasteiger partial charge in [0.2, 0.25) is 0 Å². The van der Waals surface area contributed by atoms with Gasteiger partial charge < -0.3 is 9.38 Å². The lowest BCUT2D eigenvalue weighted by atomic mass is 10.1. The third-order valence-corrected chi connectivity index (χ3v) is 4.86. The molecule has 3 heterocycles. The van der Waals surface area contributed by atoms with Crippen LogP contribution in [0.15, 0.2) is 66.1 Å². The molecular formula is C19H18N4S. The fraction of sp³-hybridized carbons (Fsp3) is 0.158. The van der Waals surface area contributed by atoms with Gasteiger partial charge in [0.1, 0.15) is 5.65 Å². The van der Waals surface area contributed by atoms with Crippen molar-refractivity contribution in [3.8, 4) is 0 Å². The molecule has 120 valence electrons. The van der Waals surface area contributed by atoms with Crippen LogP contribution in [-0.2, 0) is 12.2 Å². The van der Waals surface area contributed by atoms with Crippen molar-refractivity contribution >= 4 is 17.4 Å². The molecule has 0 radical (unpaired) electrons. The SMILES string of the molecule is Cc1[nH]c(SCc2cn3ccccc3n2)nc1Cc1ccccc1. The zero-order chi connectivity index (χ0) is 16.4. The number of nitrogens with one attached hydrogen (secondary N) is 1. The van der Waals surface area contributed by atoms with Crippen LogP contribution in [0.3, 0.4) is 0 Å². The van der Waals surface area contributed by atoms with Gasteiger partial charge >= 0.3 is 0 Å². The summed E-state index contributed by atoms with van der Waals surface area (Å²) in [5.41, 5.74) is 5.57. The number of aryl methyl sites for hydroxylation is 1. The van der Waals surface area contributed by atoms with Crippen LogP contribution in [0, 0.1) is 6.92 Å². The van der Waals surface area contributed by atoms with Crippen molar-refractivity contribution in [1.29, 1.82) is 0 Å². The van der Waals surface area contributed by atoms with Gasteiger partial charge in [-0.25, -0.2) is 9.97 Å². The van der Waals surface area contributed by atoms with Crippen LogP contribution in [0.4, 0.5) is 0 Å². The molecule has 5 heteroatoms. The Bertz CT molecular complexity index is 923. The van der Waals surface area contributed by atoms with Crippen molar-refractivity contribution in [3.05, 3.63) is 83.6 Å². The van der Waals surface area contributed by atoms with E-state index < -0.39 is 0 Å². The smallest absolute Gasteiger partial charge is 0.166 e. The molecule has 0 aliphatic carbocycles. The number of aromatic amines is 1. The van der Waals surface area contributed by atoms with Crippen molar-refractivity contribution in [3.63, 3.8) is 0 Å². The molecule has 0 saturated carbocycles. The number of benzene rings is 1. The highest BCUT2D eigenvalue weighted by Crippen LogP contribution is 2.22. The van der Waals surface area contributed by atoms with Crippen molar-refractivity contribution in [2.75, 3.05) is 0 Å². The van der Waals surface area contributed by atoms with Crippen LogP contribution >= 0.6 is 11.8 Å². The normalized spacial score (nSPS) is 11.2. The molecule has 0 bridgehead atoms. The van der Waals surface area contributed by atoms with Gasteiger partial charge in [-0.3, -0.25) is 0 Å². The second kappa shape index (κ2) is 6.53. The quantitative estimate of drug-likeness (QED) is 0.555. The summed E-state index contributed by atoms with van der Waals surface area (Å²) in [5, 5.41) is 0.954. The minimum absolute atomic E-state index is 0.805. The van der Waals surface area contributed by atoms with E-state index in [1.807, 2.05) is 34.9 Å². The standard InChI is InChI=1S/C19H18N4S/c1-14-17(11-15-7-3-2-4-8-15)22-19(20-14)24-13-16-12-23-10-6-5-9-18(23)21-16/h2-10,12H,11,13H2,1H3,(H,20,22). The Morgan fingerprint density at radius 2 is 1.88 bits per heavy atom. The lowest BCUT2D eigenvalue weighted by Crippen LogP contribution is -1.90. The fourth-order valence-corrected chi connectivity index (χ4v) is 3.52. The van der Waals surface area contributed by atoms with E-state index in [-0.39, 0.29) is 0 Å². The number of thioether (sulfide) groups is 1. The van der Waals surface area contributed by atoms with E-state index in [4.69, 9.17) is 4.98 Å². The van der Waals surface area contributed by atoms with Crippen LogP contribution in [0.5, 0.6) is 0 Å². The molecular weight excluding hydrogens is 316 g/mol. The maximum absolute atomic E-state index is 4.75. The van der Waals surface area contributed by atoms with E-state index in [0.717, 1.165) is 40.1 Å². The van der Waals surface area contributed by atoms with Gasteiger partial charge in [0.15, 0.2) is 5.16 Å². The van der Waals surface area contributed by atoms with Gasteiger partial charge in [-0.2, -0.15) is 0 Å². The number of H-pyrrole nitrogens is 1. The molecule has 3 aromatic heterocycles. The summed E-state index contributed by atoms with van der Waals surface area (Å²) >= 11 is 1.69. The minimum atomic E-state index is 0.805. The number of fused-ring (bicyclic) bond motifs is 1. The molecule has 0 fully saturated rings. The van der Waals surface area contributed by atoms with E-state index in [9.17, 15) is 0 Å². The third kappa shape index (κ3) is 3.21. The number of hydrogen-bond acceptors (Lipinski definition) is 3. The van der Waals surface area contributed by atoms with E-state index >= 15 is 0 Å². The van der Waals surface area contributed by atoms with Crippen LogP contribution in [0.1, 0.15) is 22.6 Å². The number of pyridine rings is 1. The first-order valence-electron chi connectivity index (χ1n) is 7.93. The molecule has 0 unspecified atom stereocenters. The predicted octanol–water partition coefficient (Wildman–Crippen LogP) is 4.25. The first-order valence-corrected chi connectivity index (χ1v) is 8.91. The highest BCUT2D eigenvalue weighted by molar-refractivity contribution is 7.98. The number of imidazole rings is 2. The van der Waals surface area contributed by atoms with E-state index in [0.29, 0.717) is 0 Å². The summed E-state index contributed by atoms with van der Waals surface area (Å²) in [4.78, 5) is 12.8. The minimum Gasteiger partial charge on any atom is -0.337 e. The Balaban J connectivity index is 1.46. The molecule has 1 aromatic carbocycles. The molecule has 0 aliphatic heterocycles. The van der Waals surface area contributed by atoms with Crippen molar-refractivity contribution in [2.45, 2.75) is 24.3 Å². The molecule has 0 spiro atoms. The van der Waals surface area contributed by atoms with Crippen LogP contribution < -0.4 is 0 Å². The zero-order valence-corrected chi connectivity index (χ0v) is 14.3. The molecule has 1 N–H and O–H groups in total. The summed E-state index contributed by atoms with van der Waals surface area (Å²) in [5.74, 6) is 0.805. The molecule has 0 amide bonds. The van der Waals surface area contributed by atoms with E-state index in [1.165, 1.54) is 5.56 Å². The second-order valence-electron chi connectivity index (χ2n) is 5.76. The third-order valence-electron chi connectivity index (χ3n) is 3.95. The Morgan fingerprint density at radius 3 is 2.71 bits per heavy atom. The van der Waals surface area contributed by atoms with Crippen LogP contribution in [0.25, 0.3) is 5.65 Å². The Labute approximate surface area is 145 Å². The van der Waals surface area contributed by atoms with Gasteiger partial charge in [0.25, 0.3) is 0 Å². The second-order valence-corrected chi connectivity index (χ2v) is 6.73. The van der Waals surface area contributed by atoms with Crippen LogP contribution in [-0.4, -0.2) is 19.4 Å². The van der Waals surface area contributed by atoms with Gasteiger partial charge in [-0.15, -0.1) is 0 Å². The average molecular weight is 334 g/mol. The Morgan fingerprint density at radius 1 is 1.04 bits per heavy atom. The molecule has 4 rings (SSSR count). The molecule has 24 heavy (non-hydrogen) atoms. The van der Waals surface area contributed by atoms with Gasteiger partial charge in [-0.1, -0.05) is 48.2 Å². The van der Waals surface area contributed by atoms with Crippen LogP contribution in [0.2, 0.25) is 0 Å². The summed E-state index contributed by atoms with van der Waals surface area (Å²) < 4.78 is 2.05. The first kappa shape index (κ1) is 15.0. The number of rotatable bonds is 5. The van der Waals surface area contributed by atoms with Crippen molar-refractivity contribution < 1.29 is 0 Å². The maximum Gasteiger partial charge on any atom is 0.166 e. The Hall–Kier alpha value is -2.53. The number of aromatic nitrogens is 4. The van der Waals surface area contributed by atoms with E-state index in [1.54, 1.807) is 11.8 Å². The van der Waals surface area contributed by atoms with Gasteiger partial charge in [-0.05, 0) is 24.6 Å². The zero-order valence-electron chi connectivity index (χ0n) is 13.4. The maximum atomic E-state index is 4.75. The molecule has 0 aliphatic rings. The largest absolute Gasteiger partial charge is 0.337 e. The van der Waals surface area contributed by atoms with Crippen molar-refractivity contribution in [1.82, 2.24) is 19.4 Å². The van der Waals surface area contributed by atoms with Gasteiger partial charge in [0, 0.05) is 30.3 Å². The first-order chi connectivity index (χ1) is 11.8. The highest BCUT2D eigenvalue weighted by Gasteiger charge is 2.09. The number of hydrogen-bond donors (Lipinski definition) is 1. The fourth-order valence-electron chi connectivity index (χ4n) is 2.70. The monoisotopic (exact) mass is 334 g/mol. The average Bonchev–Trinajstić information content (AvgIpc) is 3.17. The summed E-state index contributed by atoms with van der Waals surface area (Å²) in [6.07, 6.45) is 4.95. The lowest BCUT2D eigenvalue weighted by molar-refractivity contribution is 1.01. The summed E-state index contributed by atoms with van der Waals surface area (Å²) in [7, 11) is 0. The number of nitrogens with zero attached hydrogens (tertiary/aromatic N) is 3. The van der Waals surface area contributed by atoms with Gasteiger partial charge in [0.05, 0.1) is 11.4 Å². The molecule has 4 aromatic rings. The Kier molecular flexibility index (Phi) is 4.09. The highest BCUT2D eigenvalue weighted by atomic mass is 32.2. The molecule has 0 atom stereocenters. The summed E-state index contributed by atoms with van der Waals surface area (Å²) in [6.45, 7) is 2.08. The molecule has 0 saturated heterocycles. The lowest BCUT2D eigenvalue weighted by Gasteiger charge is -1.98. The molecule has 4 nitrogen and oxygen atoms in total. The summed E-state index contributed by atoms with van der Waals surface area (Å²) in [6, 6.07) is 16.5. The topological polar surface area (TPSA) is 46.0 Å². The predicted molar refractivity (Wildman–Crippen MR) is 97.3 cm³/mol. The van der Waals surface area contributed by atoms with Crippen molar-refractivity contribution in [2.24, 2.45) is 0 Å².